The second kappa shape index (κ2) is 15.9. The SMILES string of the molecule is CCCCCCCOc1c(C)c(OC)c(/C=C(\CCCCCc2cccnc2)C(=O)O)c(C)c1OC. The van der Waals surface area contributed by atoms with Gasteiger partial charge in [-0.2, -0.15) is 0 Å². The molecule has 0 fully saturated rings. The molecule has 0 amide bonds. The van der Waals surface area contributed by atoms with E-state index < -0.39 is 5.97 Å². The number of pyridine rings is 1. The van der Waals surface area contributed by atoms with Crippen LogP contribution in [0.1, 0.15) is 87.0 Å². The van der Waals surface area contributed by atoms with Gasteiger partial charge in [0, 0.05) is 34.7 Å². The van der Waals surface area contributed by atoms with Crippen molar-refractivity contribution in [3.63, 3.8) is 0 Å². The van der Waals surface area contributed by atoms with Crippen molar-refractivity contribution >= 4 is 12.0 Å². The Hall–Kier alpha value is -3.02. The Morgan fingerprint density at radius 2 is 1.67 bits per heavy atom. The number of rotatable bonds is 17. The summed E-state index contributed by atoms with van der Waals surface area (Å²) in [5.41, 5.74) is 3.94. The van der Waals surface area contributed by atoms with Crippen molar-refractivity contribution in [2.75, 3.05) is 20.8 Å². The van der Waals surface area contributed by atoms with Gasteiger partial charge in [0.1, 0.15) is 5.75 Å². The van der Waals surface area contributed by atoms with Gasteiger partial charge in [0.25, 0.3) is 0 Å². The lowest BCUT2D eigenvalue weighted by atomic mass is 9.96. The standard InChI is InChI=1S/C30H43NO5/c1-6-7-8-9-13-19-36-29-23(3)27(34-4)26(22(2)28(29)35-5)20-25(30(32)33)17-12-10-11-15-24-16-14-18-31-21-24/h14,16,18,20-21H,6-13,15,17,19H2,1-5H3,(H,32,33)/b25-20+. The number of benzene rings is 1. The second-order valence-electron chi connectivity index (χ2n) is 9.22. The maximum absolute atomic E-state index is 12.1. The quantitative estimate of drug-likeness (QED) is 0.182. The summed E-state index contributed by atoms with van der Waals surface area (Å²) in [7, 11) is 3.23. The summed E-state index contributed by atoms with van der Waals surface area (Å²) >= 11 is 0. The molecule has 0 saturated heterocycles. The Morgan fingerprint density at radius 1 is 0.944 bits per heavy atom. The van der Waals surface area contributed by atoms with Crippen molar-refractivity contribution in [2.45, 2.75) is 85.0 Å². The molecule has 0 atom stereocenters. The number of methoxy groups -OCH3 is 2. The van der Waals surface area contributed by atoms with Crippen LogP contribution in [0.15, 0.2) is 30.1 Å². The largest absolute Gasteiger partial charge is 0.496 e. The summed E-state index contributed by atoms with van der Waals surface area (Å²) in [5.74, 6) is 1.03. The van der Waals surface area contributed by atoms with Crippen LogP contribution in [-0.2, 0) is 11.2 Å². The lowest BCUT2D eigenvalue weighted by Gasteiger charge is -2.21. The van der Waals surface area contributed by atoms with Crippen molar-refractivity contribution < 1.29 is 24.1 Å². The molecule has 0 spiro atoms. The zero-order valence-corrected chi connectivity index (χ0v) is 22.7. The van der Waals surface area contributed by atoms with Crippen LogP contribution in [0.4, 0.5) is 0 Å². The van der Waals surface area contributed by atoms with Crippen LogP contribution in [0.5, 0.6) is 17.2 Å². The highest BCUT2D eigenvalue weighted by molar-refractivity contribution is 5.93. The van der Waals surface area contributed by atoms with Gasteiger partial charge < -0.3 is 19.3 Å². The number of aryl methyl sites for hydroxylation is 1. The highest BCUT2D eigenvalue weighted by atomic mass is 16.5. The molecule has 1 aromatic heterocycles. The van der Waals surface area contributed by atoms with Crippen LogP contribution in [0, 0.1) is 13.8 Å². The van der Waals surface area contributed by atoms with Gasteiger partial charge in [-0.05, 0) is 63.7 Å². The third kappa shape index (κ3) is 8.58. The average Bonchev–Trinajstić information content (AvgIpc) is 2.88. The van der Waals surface area contributed by atoms with E-state index in [4.69, 9.17) is 14.2 Å². The number of aliphatic carboxylic acids is 1. The molecule has 1 N–H and O–H groups in total. The van der Waals surface area contributed by atoms with E-state index in [0.29, 0.717) is 35.8 Å². The molecule has 6 nitrogen and oxygen atoms in total. The van der Waals surface area contributed by atoms with Crippen molar-refractivity contribution in [1.29, 1.82) is 0 Å². The van der Waals surface area contributed by atoms with E-state index in [1.807, 2.05) is 26.1 Å². The smallest absolute Gasteiger partial charge is 0.331 e. The molecule has 2 rings (SSSR count). The fourth-order valence-corrected chi connectivity index (χ4v) is 4.46. The van der Waals surface area contributed by atoms with E-state index in [1.165, 1.54) is 24.8 Å². The Kier molecular flexibility index (Phi) is 12.9. The maximum atomic E-state index is 12.1. The first-order valence-electron chi connectivity index (χ1n) is 13.1. The minimum Gasteiger partial charge on any atom is -0.496 e. The Labute approximate surface area is 216 Å². The van der Waals surface area contributed by atoms with Crippen LogP contribution in [0.2, 0.25) is 0 Å². The molecule has 0 aliphatic rings. The minimum atomic E-state index is -0.910. The van der Waals surface area contributed by atoms with Gasteiger partial charge in [0.15, 0.2) is 11.5 Å². The molecule has 36 heavy (non-hydrogen) atoms. The fourth-order valence-electron chi connectivity index (χ4n) is 4.46. The number of carboxylic acids is 1. The first-order chi connectivity index (χ1) is 17.4. The lowest BCUT2D eigenvalue weighted by molar-refractivity contribution is -0.132. The molecule has 0 bridgehead atoms. The second-order valence-corrected chi connectivity index (χ2v) is 9.22. The van der Waals surface area contributed by atoms with Gasteiger partial charge in [-0.1, -0.05) is 45.1 Å². The Bertz CT molecular complexity index is 985. The van der Waals surface area contributed by atoms with Crippen LogP contribution < -0.4 is 14.2 Å². The van der Waals surface area contributed by atoms with Gasteiger partial charge >= 0.3 is 5.97 Å². The number of carboxylic acid groups (broad SMARTS) is 1. The number of unbranched alkanes of at least 4 members (excludes halogenated alkanes) is 6. The monoisotopic (exact) mass is 497 g/mol. The third-order valence-corrected chi connectivity index (χ3v) is 6.51. The van der Waals surface area contributed by atoms with Crippen molar-refractivity contribution in [1.82, 2.24) is 4.98 Å². The first kappa shape index (κ1) is 29.2. The predicted molar refractivity (Wildman–Crippen MR) is 145 cm³/mol. The van der Waals surface area contributed by atoms with E-state index in [-0.39, 0.29) is 0 Å². The lowest BCUT2D eigenvalue weighted by Crippen LogP contribution is -2.07. The fraction of sp³-hybridized carbons (Fsp3) is 0.533. The number of ether oxygens (including phenoxy) is 3. The molecule has 6 heteroatoms. The summed E-state index contributed by atoms with van der Waals surface area (Å²) in [6.45, 7) is 6.67. The van der Waals surface area contributed by atoms with Crippen LogP contribution in [-0.4, -0.2) is 36.9 Å². The zero-order chi connectivity index (χ0) is 26.3. The molecule has 198 valence electrons. The van der Waals surface area contributed by atoms with Gasteiger partial charge in [-0.15, -0.1) is 0 Å². The molecule has 0 unspecified atom stereocenters. The Morgan fingerprint density at radius 3 is 2.31 bits per heavy atom. The van der Waals surface area contributed by atoms with Crippen LogP contribution in [0.25, 0.3) is 6.08 Å². The van der Waals surface area contributed by atoms with Crippen molar-refractivity contribution in [3.05, 3.63) is 52.4 Å². The van der Waals surface area contributed by atoms with Crippen LogP contribution in [0.3, 0.4) is 0 Å². The van der Waals surface area contributed by atoms with E-state index in [2.05, 4.69) is 18.0 Å². The molecule has 1 heterocycles. The summed E-state index contributed by atoms with van der Waals surface area (Å²) in [6, 6.07) is 4.01. The van der Waals surface area contributed by atoms with E-state index in [9.17, 15) is 9.90 Å². The van der Waals surface area contributed by atoms with Gasteiger partial charge in [-0.3, -0.25) is 4.98 Å². The van der Waals surface area contributed by atoms with Gasteiger partial charge in [0.05, 0.1) is 20.8 Å². The normalized spacial score (nSPS) is 11.4. The average molecular weight is 498 g/mol. The van der Waals surface area contributed by atoms with E-state index >= 15 is 0 Å². The highest BCUT2D eigenvalue weighted by Gasteiger charge is 2.22. The van der Waals surface area contributed by atoms with E-state index in [0.717, 1.165) is 55.2 Å². The number of nitrogens with zero attached hydrogens (tertiary/aromatic N) is 1. The molecule has 0 radical (unpaired) electrons. The first-order valence-corrected chi connectivity index (χ1v) is 13.1. The topological polar surface area (TPSA) is 77.9 Å². The highest BCUT2D eigenvalue weighted by Crippen LogP contribution is 2.44. The Balaban J connectivity index is 2.16. The summed E-state index contributed by atoms with van der Waals surface area (Å²) < 4.78 is 17.6. The molecular formula is C30H43NO5. The molecule has 0 aliphatic carbocycles. The molecule has 1 aromatic carbocycles. The number of carbonyl (C=O) groups is 1. The van der Waals surface area contributed by atoms with Gasteiger partial charge in [0.2, 0.25) is 0 Å². The maximum Gasteiger partial charge on any atom is 0.331 e. The minimum absolute atomic E-state index is 0.365. The molecular weight excluding hydrogens is 454 g/mol. The number of aromatic nitrogens is 1. The molecule has 0 aliphatic heterocycles. The van der Waals surface area contributed by atoms with Crippen LogP contribution >= 0.6 is 0 Å². The van der Waals surface area contributed by atoms with Crippen molar-refractivity contribution in [2.24, 2.45) is 0 Å². The summed E-state index contributed by atoms with van der Waals surface area (Å²) in [4.78, 5) is 16.2. The van der Waals surface area contributed by atoms with E-state index in [1.54, 1.807) is 26.5 Å². The number of hydrogen-bond acceptors (Lipinski definition) is 5. The predicted octanol–water partition coefficient (Wildman–Crippen LogP) is 7.34. The summed E-state index contributed by atoms with van der Waals surface area (Å²) in [6.07, 6.45) is 15.4. The molecule has 0 saturated carbocycles. The summed E-state index contributed by atoms with van der Waals surface area (Å²) in [5, 5.41) is 9.91. The zero-order valence-electron chi connectivity index (χ0n) is 22.7. The van der Waals surface area contributed by atoms with Crippen molar-refractivity contribution in [3.8, 4) is 17.2 Å². The molecule has 2 aromatic rings. The third-order valence-electron chi connectivity index (χ3n) is 6.51. The van der Waals surface area contributed by atoms with Gasteiger partial charge in [-0.25, -0.2) is 4.79 Å². The number of hydrogen-bond donors (Lipinski definition) is 1.